The molecule has 0 atom stereocenters. The Morgan fingerprint density at radius 2 is 1.54 bits per heavy atom. The van der Waals surface area contributed by atoms with Crippen molar-refractivity contribution in [1.82, 2.24) is 10.2 Å². The number of carbonyl (C=O) groups is 3. The minimum Gasteiger partial charge on any atom is -0.480 e. The molecule has 0 spiro atoms. The molecule has 2 amide bonds. The Morgan fingerprint density at radius 3 is 2.09 bits per heavy atom. The fourth-order valence-electron chi connectivity index (χ4n) is 5.29. The lowest BCUT2D eigenvalue weighted by molar-refractivity contribution is -0.156. The summed E-state index contributed by atoms with van der Waals surface area (Å²) in [6, 6.07) is 16.3. The monoisotopic (exact) mass is 478 g/mol. The summed E-state index contributed by atoms with van der Waals surface area (Å²) in [6.45, 7) is 3.20. The van der Waals surface area contributed by atoms with Crippen molar-refractivity contribution >= 4 is 18.0 Å². The maximum Gasteiger partial charge on any atom is 0.407 e. The Bertz CT molecular complexity index is 1070. The van der Waals surface area contributed by atoms with Crippen molar-refractivity contribution in [2.75, 3.05) is 13.7 Å². The smallest absolute Gasteiger partial charge is 0.407 e. The number of carboxylic acid groups (broad SMARTS) is 1. The highest BCUT2D eigenvalue weighted by Crippen LogP contribution is 2.44. The molecule has 1 saturated carbocycles. The molecule has 4 rings (SSSR count). The largest absolute Gasteiger partial charge is 0.480 e. The molecule has 2 aliphatic carbocycles. The lowest BCUT2D eigenvalue weighted by Gasteiger charge is -2.40. The number of aliphatic carboxylic acids is 1. The molecule has 2 aromatic rings. The Labute approximate surface area is 206 Å². The van der Waals surface area contributed by atoms with Crippen molar-refractivity contribution in [2.24, 2.45) is 0 Å². The topological polar surface area (TPSA) is 95.9 Å². The molecule has 0 unspecified atom stereocenters. The number of amides is 2. The second kappa shape index (κ2) is 9.72. The number of nitrogens with one attached hydrogen (secondary N) is 1. The van der Waals surface area contributed by atoms with Gasteiger partial charge in [0.15, 0.2) is 0 Å². The van der Waals surface area contributed by atoms with Crippen molar-refractivity contribution in [3.8, 4) is 11.1 Å². The van der Waals surface area contributed by atoms with Gasteiger partial charge in [-0.1, -0.05) is 67.8 Å². The van der Waals surface area contributed by atoms with Crippen LogP contribution in [0.4, 0.5) is 4.79 Å². The van der Waals surface area contributed by atoms with Crippen molar-refractivity contribution in [1.29, 1.82) is 0 Å². The SMILES string of the molecule is CN(C(=O)CC1(NC(=O)OCC2c3ccccc3-c3ccccc32)CCCCC1)C(C)(C)C(=O)O. The highest BCUT2D eigenvalue weighted by atomic mass is 16.5. The number of likely N-dealkylation sites (N-methyl/N-ethyl adjacent to an activating group) is 1. The number of fused-ring (bicyclic) bond motifs is 3. The molecule has 0 aliphatic heterocycles. The van der Waals surface area contributed by atoms with Gasteiger partial charge < -0.3 is 20.1 Å². The first kappa shape index (κ1) is 24.8. The number of benzene rings is 2. The zero-order valence-electron chi connectivity index (χ0n) is 20.7. The predicted octanol–water partition coefficient (Wildman–Crippen LogP) is 4.94. The summed E-state index contributed by atoms with van der Waals surface area (Å²) in [6.07, 6.45) is 3.64. The highest BCUT2D eigenvalue weighted by molar-refractivity contribution is 5.87. The summed E-state index contributed by atoms with van der Waals surface area (Å²) in [5.41, 5.74) is 2.53. The molecule has 7 nitrogen and oxygen atoms in total. The Kier molecular flexibility index (Phi) is 6.88. The van der Waals surface area contributed by atoms with E-state index in [4.69, 9.17) is 4.74 Å². The third-order valence-electron chi connectivity index (χ3n) is 7.75. The van der Waals surface area contributed by atoms with Gasteiger partial charge in [-0.05, 0) is 48.9 Å². The third-order valence-corrected chi connectivity index (χ3v) is 7.75. The molecule has 2 aliphatic rings. The van der Waals surface area contributed by atoms with E-state index in [0.29, 0.717) is 12.8 Å². The molecule has 1 fully saturated rings. The van der Waals surface area contributed by atoms with Gasteiger partial charge in [0.25, 0.3) is 0 Å². The second-order valence-electron chi connectivity index (χ2n) is 10.3. The molecular weight excluding hydrogens is 444 g/mol. The summed E-state index contributed by atoms with van der Waals surface area (Å²) in [4.78, 5) is 38.9. The second-order valence-corrected chi connectivity index (χ2v) is 10.3. The number of carboxylic acids is 1. The number of carbonyl (C=O) groups excluding carboxylic acids is 2. The van der Waals surface area contributed by atoms with Gasteiger partial charge in [0.1, 0.15) is 12.1 Å². The van der Waals surface area contributed by atoms with Crippen LogP contribution in [0.25, 0.3) is 11.1 Å². The van der Waals surface area contributed by atoms with E-state index >= 15 is 0 Å². The van der Waals surface area contributed by atoms with Gasteiger partial charge in [-0.2, -0.15) is 0 Å². The van der Waals surface area contributed by atoms with Gasteiger partial charge in [-0.3, -0.25) is 4.79 Å². The van der Waals surface area contributed by atoms with Gasteiger partial charge in [-0.25, -0.2) is 9.59 Å². The number of ether oxygens (including phenoxy) is 1. The van der Waals surface area contributed by atoms with E-state index in [-0.39, 0.29) is 24.9 Å². The van der Waals surface area contributed by atoms with Gasteiger partial charge >= 0.3 is 12.1 Å². The summed E-state index contributed by atoms with van der Waals surface area (Å²) < 4.78 is 5.75. The molecule has 2 N–H and O–H groups in total. The maximum atomic E-state index is 13.1. The van der Waals surface area contributed by atoms with Crippen LogP contribution in [0, 0.1) is 0 Å². The predicted molar refractivity (Wildman–Crippen MR) is 133 cm³/mol. The van der Waals surface area contributed by atoms with E-state index < -0.39 is 23.1 Å². The number of rotatable bonds is 7. The average molecular weight is 479 g/mol. The summed E-state index contributed by atoms with van der Waals surface area (Å²) in [7, 11) is 1.50. The fraction of sp³-hybridized carbons (Fsp3) is 0.464. The summed E-state index contributed by atoms with van der Waals surface area (Å²) in [5.74, 6) is -1.42. The standard InChI is InChI=1S/C28H34N2O5/c1-27(2,25(32)33)30(3)24(31)17-28(15-9-4-10-16-28)29-26(34)35-18-23-21-13-7-5-11-19(21)20-12-6-8-14-22(20)23/h5-8,11-14,23H,4,9-10,15-18H2,1-3H3,(H,29,34)(H,32,33). The third kappa shape index (κ3) is 4.90. The number of alkyl carbamates (subject to hydrolysis) is 1. The minimum absolute atomic E-state index is 0.0420. The van der Waals surface area contributed by atoms with Crippen LogP contribution < -0.4 is 5.32 Å². The molecule has 35 heavy (non-hydrogen) atoms. The van der Waals surface area contributed by atoms with E-state index in [0.717, 1.165) is 41.5 Å². The minimum atomic E-state index is -1.34. The average Bonchev–Trinajstić information content (AvgIpc) is 3.16. The lowest BCUT2D eigenvalue weighted by atomic mass is 9.78. The zero-order chi connectivity index (χ0) is 25.2. The van der Waals surface area contributed by atoms with Crippen molar-refractivity contribution in [3.63, 3.8) is 0 Å². The summed E-state index contributed by atoms with van der Waals surface area (Å²) >= 11 is 0. The van der Waals surface area contributed by atoms with E-state index in [1.165, 1.54) is 25.8 Å². The molecule has 0 radical (unpaired) electrons. The van der Waals surface area contributed by atoms with Crippen LogP contribution in [0.2, 0.25) is 0 Å². The van der Waals surface area contributed by atoms with Crippen LogP contribution in [-0.4, -0.2) is 52.7 Å². The van der Waals surface area contributed by atoms with E-state index in [1.807, 2.05) is 24.3 Å². The van der Waals surface area contributed by atoms with Gasteiger partial charge in [0.2, 0.25) is 5.91 Å². The van der Waals surface area contributed by atoms with Crippen molar-refractivity contribution < 1.29 is 24.2 Å². The van der Waals surface area contributed by atoms with Crippen LogP contribution in [0.3, 0.4) is 0 Å². The first-order chi connectivity index (χ1) is 16.6. The first-order valence-corrected chi connectivity index (χ1v) is 12.3. The van der Waals surface area contributed by atoms with Gasteiger partial charge in [0.05, 0.1) is 12.0 Å². The first-order valence-electron chi connectivity index (χ1n) is 12.3. The lowest BCUT2D eigenvalue weighted by Crippen LogP contribution is -2.56. The Balaban J connectivity index is 1.45. The fourth-order valence-corrected chi connectivity index (χ4v) is 5.29. The van der Waals surface area contributed by atoms with Crippen molar-refractivity contribution in [3.05, 3.63) is 59.7 Å². The molecule has 0 bridgehead atoms. The molecule has 0 aromatic heterocycles. The van der Waals surface area contributed by atoms with Crippen molar-refractivity contribution in [2.45, 2.75) is 69.4 Å². The van der Waals surface area contributed by atoms with Gasteiger partial charge in [0, 0.05) is 13.0 Å². The van der Waals surface area contributed by atoms with Crippen LogP contribution in [0.15, 0.2) is 48.5 Å². The van der Waals surface area contributed by atoms with Crippen LogP contribution >= 0.6 is 0 Å². The molecule has 7 heteroatoms. The van der Waals surface area contributed by atoms with E-state index in [9.17, 15) is 19.5 Å². The molecule has 0 saturated heterocycles. The molecule has 0 heterocycles. The maximum absolute atomic E-state index is 13.1. The molecule has 2 aromatic carbocycles. The number of hydrogen-bond donors (Lipinski definition) is 2. The van der Waals surface area contributed by atoms with Crippen LogP contribution in [-0.2, 0) is 14.3 Å². The quantitative estimate of drug-likeness (QED) is 0.588. The molecular formula is C28H34N2O5. The summed E-state index contributed by atoms with van der Waals surface area (Å²) in [5, 5.41) is 12.5. The highest BCUT2D eigenvalue weighted by Gasteiger charge is 2.41. The van der Waals surface area contributed by atoms with E-state index in [1.54, 1.807) is 0 Å². The number of nitrogens with zero attached hydrogens (tertiary/aromatic N) is 1. The van der Waals surface area contributed by atoms with Crippen LogP contribution in [0.5, 0.6) is 0 Å². The molecule has 186 valence electrons. The van der Waals surface area contributed by atoms with Gasteiger partial charge in [-0.15, -0.1) is 0 Å². The Morgan fingerprint density at radius 1 is 1.00 bits per heavy atom. The number of hydrogen-bond acceptors (Lipinski definition) is 4. The van der Waals surface area contributed by atoms with E-state index in [2.05, 4.69) is 29.6 Å². The normalized spacial score (nSPS) is 16.7. The Hall–Kier alpha value is -3.35. The van der Waals surface area contributed by atoms with Crippen LogP contribution in [0.1, 0.15) is 69.4 Å². The zero-order valence-corrected chi connectivity index (χ0v) is 20.7.